The third kappa shape index (κ3) is 7.46. The van der Waals surface area contributed by atoms with Crippen molar-refractivity contribution in [1.82, 2.24) is 5.32 Å². The van der Waals surface area contributed by atoms with Crippen molar-refractivity contribution in [3.8, 4) is 11.5 Å². The van der Waals surface area contributed by atoms with Crippen LogP contribution in [0.4, 0.5) is 18.9 Å². The summed E-state index contributed by atoms with van der Waals surface area (Å²) in [5.74, 6) is -0.804. The Labute approximate surface area is 238 Å². The molecular formula is C27H20Cl2F3N2O3PS. The molecule has 4 aromatic carbocycles. The Morgan fingerprint density at radius 2 is 1.33 bits per heavy atom. The molecule has 0 spiro atoms. The third-order valence-electron chi connectivity index (χ3n) is 5.28. The average molecular weight is 611 g/mol. The number of thiocarbonyl (C=S) groups is 1. The van der Waals surface area contributed by atoms with Crippen LogP contribution in [0.25, 0.3) is 0 Å². The van der Waals surface area contributed by atoms with Crippen molar-refractivity contribution in [3.05, 3.63) is 124 Å². The van der Waals surface area contributed by atoms with Gasteiger partial charge in [-0.1, -0.05) is 77.8 Å². The van der Waals surface area contributed by atoms with E-state index in [1.807, 2.05) is 0 Å². The fourth-order valence-corrected chi connectivity index (χ4v) is 6.22. The lowest BCUT2D eigenvalue weighted by molar-refractivity contribution is -0.137. The van der Waals surface area contributed by atoms with E-state index >= 15 is 0 Å². The number of anilines is 1. The molecule has 0 fully saturated rings. The highest BCUT2D eigenvalue weighted by atomic mass is 35.5. The summed E-state index contributed by atoms with van der Waals surface area (Å²) in [5.41, 5.74) is -0.719. The molecule has 39 heavy (non-hydrogen) atoms. The molecule has 0 aromatic heterocycles. The number of para-hydroxylation sites is 2. The number of hydrogen-bond donors (Lipinski definition) is 2. The molecule has 0 heterocycles. The lowest BCUT2D eigenvalue weighted by Crippen LogP contribution is -2.34. The second-order valence-corrected chi connectivity index (χ2v) is 11.2. The van der Waals surface area contributed by atoms with Crippen molar-refractivity contribution >= 4 is 53.8 Å². The number of alkyl halides is 3. The molecule has 4 aromatic rings. The first-order chi connectivity index (χ1) is 18.5. The Kier molecular flexibility index (Phi) is 9.08. The topological polar surface area (TPSA) is 59.6 Å². The van der Waals surface area contributed by atoms with Crippen LogP contribution in [0.3, 0.4) is 0 Å². The van der Waals surface area contributed by atoms with Crippen LogP contribution in [0.2, 0.25) is 10.0 Å². The van der Waals surface area contributed by atoms with Crippen LogP contribution in [-0.4, -0.2) is 5.11 Å². The maximum absolute atomic E-state index is 14.6. The quantitative estimate of drug-likeness (QED) is 0.153. The van der Waals surface area contributed by atoms with Crippen LogP contribution >= 0.6 is 43.0 Å². The molecule has 2 N–H and O–H groups in total. The molecule has 1 atom stereocenters. The second kappa shape index (κ2) is 12.3. The van der Waals surface area contributed by atoms with Gasteiger partial charge in [0.05, 0.1) is 16.3 Å². The molecule has 5 nitrogen and oxygen atoms in total. The Morgan fingerprint density at radius 1 is 0.795 bits per heavy atom. The molecule has 0 saturated carbocycles. The average Bonchev–Trinajstić information content (AvgIpc) is 2.89. The SMILES string of the molecule is O=P(Oc1ccccc1)(Oc1ccccc1)C(NC(=S)Nc1cc(C(F)(F)F)ccc1Cl)c1ccccc1Cl. The minimum absolute atomic E-state index is 0.00861. The van der Waals surface area contributed by atoms with Gasteiger partial charge in [-0.25, -0.2) is 4.57 Å². The number of halogens is 5. The Bertz CT molecular complexity index is 1450. The highest BCUT2D eigenvalue weighted by molar-refractivity contribution is 7.80. The number of nitrogens with one attached hydrogen (secondary N) is 2. The van der Waals surface area contributed by atoms with Gasteiger partial charge in [0.2, 0.25) is 0 Å². The molecule has 0 aliphatic carbocycles. The van der Waals surface area contributed by atoms with Gasteiger partial charge >= 0.3 is 13.8 Å². The normalized spacial score (nSPS) is 12.3. The van der Waals surface area contributed by atoms with E-state index in [1.54, 1.807) is 84.9 Å². The number of rotatable bonds is 8. The van der Waals surface area contributed by atoms with Gasteiger partial charge in [0.1, 0.15) is 11.5 Å². The molecule has 0 bridgehead atoms. The van der Waals surface area contributed by atoms with E-state index in [4.69, 9.17) is 44.5 Å². The summed E-state index contributed by atoms with van der Waals surface area (Å²) in [6.45, 7) is 0. The van der Waals surface area contributed by atoms with Crippen molar-refractivity contribution < 1.29 is 26.8 Å². The summed E-state index contributed by atoms with van der Waals surface area (Å²) < 4.78 is 66.4. The van der Waals surface area contributed by atoms with Crippen molar-refractivity contribution in [2.45, 2.75) is 12.0 Å². The van der Waals surface area contributed by atoms with Crippen molar-refractivity contribution in [1.29, 1.82) is 0 Å². The van der Waals surface area contributed by atoms with E-state index < -0.39 is 25.1 Å². The molecule has 0 radical (unpaired) electrons. The molecule has 0 aliphatic heterocycles. The summed E-state index contributed by atoms with van der Waals surface area (Å²) >= 11 is 18.0. The van der Waals surface area contributed by atoms with Gasteiger partial charge in [-0.2, -0.15) is 13.2 Å². The molecule has 0 saturated heterocycles. The highest BCUT2D eigenvalue weighted by Gasteiger charge is 2.42. The Morgan fingerprint density at radius 3 is 1.87 bits per heavy atom. The van der Waals surface area contributed by atoms with Crippen LogP contribution in [0.1, 0.15) is 16.9 Å². The largest absolute Gasteiger partial charge is 0.457 e. The molecule has 0 amide bonds. The summed E-state index contributed by atoms with van der Waals surface area (Å²) in [4.78, 5) is 0. The van der Waals surface area contributed by atoms with Gasteiger partial charge in [0, 0.05) is 10.6 Å². The van der Waals surface area contributed by atoms with E-state index in [0.29, 0.717) is 5.56 Å². The van der Waals surface area contributed by atoms with E-state index in [0.717, 1.165) is 18.2 Å². The first-order valence-corrected chi connectivity index (χ1v) is 14.1. The molecule has 1 unspecified atom stereocenters. The van der Waals surface area contributed by atoms with Crippen molar-refractivity contribution in [2.24, 2.45) is 0 Å². The maximum atomic E-state index is 14.6. The predicted molar refractivity (Wildman–Crippen MR) is 152 cm³/mol. The molecule has 202 valence electrons. The van der Waals surface area contributed by atoms with Crippen molar-refractivity contribution in [2.75, 3.05) is 5.32 Å². The van der Waals surface area contributed by atoms with Gasteiger partial charge < -0.3 is 19.7 Å². The first-order valence-electron chi connectivity index (χ1n) is 11.3. The van der Waals surface area contributed by atoms with E-state index in [-0.39, 0.29) is 32.3 Å². The van der Waals surface area contributed by atoms with Gasteiger partial charge in [-0.05, 0) is 60.7 Å². The van der Waals surface area contributed by atoms with Crippen LogP contribution in [0.15, 0.2) is 103 Å². The number of hydrogen-bond acceptors (Lipinski definition) is 4. The van der Waals surface area contributed by atoms with Crippen LogP contribution in [-0.2, 0) is 10.7 Å². The monoisotopic (exact) mass is 610 g/mol. The zero-order valence-electron chi connectivity index (χ0n) is 19.9. The summed E-state index contributed by atoms with van der Waals surface area (Å²) in [6.07, 6.45) is -4.60. The summed E-state index contributed by atoms with van der Waals surface area (Å²) in [7, 11) is -4.26. The molecule has 0 aliphatic rings. The van der Waals surface area contributed by atoms with Crippen molar-refractivity contribution in [3.63, 3.8) is 0 Å². The Hall–Kier alpha value is -3.23. The van der Waals surface area contributed by atoms with Gasteiger partial charge in [0.15, 0.2) is 10.9 Å². The van der Waals surface area contributed by atoms with Crippen LogP contribution in [0.5, 0.6) is 11.5 Å². The van der Waals surface area contributed by atoms with Crippen LogP contribution < -0.4 is 19.7 Å². The highest BCUT2D eigenvalue weighted by Crippen LogP contribution is 2.59. The standard InChI is InChI=1S/C27H20Cl2F3N2O3PS/c28-22-14-8-7-13-21(22)25(34-26(39)33-24-17-18(27(30,31)32)15-16-23(24)29)38(35,36-19-9-3-1-4-10-19)37-20-11-5-2-6-12-20/h1-17,25H,(H2,33,34,39). The molecule has 4 rings (SSSR count). The van der Waals surface area contributed by atoms with Gasteiger partial charge in [-0.3, -0.25) is 0 Å². The summed E-state index contributed by atoms with van der Waals surface area (Å²) in [5, 5.41) is 5.54. The minimum Gasteiger partial charge on any atom is -0.414 e. The Balaban J connectivity index is 1.74. The fourth-order valence-electron chi connectivity index (χ4n) is 3.48. The summed E-state index contributed by atoms with van der Waals surface area (Å²) in [6, 6.07) is 26.0. The van der Waals surface area contributed by atoms with E-state index in [1.165, 1.54) is 0 Å². The third-order valence-corrected chi connectivity index (χ3v) is 8.14. The lowest BCUT2D eigenvalue weighted by Gasteiger charge is -2.30. The first kappa shape index (κ1) is 28.8. The van der Waals surface area contributed by atoms with E-state index in [9.17, 15) is 17.7 Å². The van der Waals surface area contributed by atoms with Crippen LogP contribution in [0, 0.1) is 0 Å². The predicted octanol–water partition coefficient (Wildman–Crippen LogP) is 9.35. The maximum Gasteiger partial charge on any atom is 0.457 e. The smallest absolute Gasteiger partial charge is 0.414 e. The lowest BCUT2D eigenvalue weighted by atomic mass is 10.2. The zero-order chi connectivity index (χ0) is 28.0. The molecule has 12 heteroatoms. The van der Waals surface area contributed by atoms with E-state index in [2.05, 4.69) is 10.6 Å². The van der Waals surface area contributed by atoms with Gasteiger partial charge in [-0.15, -0.1) is 0 Å². The zero-order valence-corrected chi connectivity index (χ0v) is 23.1. The second-order valence-electron chi connectivity index (χ2n) is 8.06. The molecular weight excluding hydrogens is 591 g/mol. The fraction of sp³-hybridized carbons (Fsp3) is 0.0741. The minimum atomic E-state index is -4.60. The van der Waals surface area contributed by atoms with Gasteiger partial charge in [0.25, 0.3) is 0 Å². The number of benzene rings is 4.